The lowest BCUT2D eigenvalue weighted by molar-refractivity contribution is 0.483. The number of nitrogens with zero attached hydrogens (tertiary/aromatic N) is 4. The topological polar surface area (TPSA) is 35.2 Å². The maximum Gasteiger partial charge on any atom is 0.137 e. The average Bonchev–Trinajstić information content (AvgIpc) is 4.12. The SMILES string of the molecule is CC(C)(C)c1cc(-c2cccc3c4ccccc4c4ccccc4c4cccc5c4n(c23)CN5c2cccc(Oc3ccc4c5ccccc5n(-c5cc(C(C)(C)C)ccn5)c4c3)c2)cc(C(C)(C)c2ccccc2)c1. The van der Waals surface area contributed by atoms with Crippen LogP contribution < -0.4 is 9.64 Å². The third kappa shape index (κ3) is 7.87. The molecular weight excluding hydrogens is 925 g/mol. The molecule has 9 aromatic carbocycles. The Bertz CT molecular complexity index is 4350. The van der Waals surface area contributed by atoms with Gasteiger partial charge in [-0.2, -0.15) is 0 Å². The number of rotatable bonds is 7. The molecule has 0 amide bonds. The highest BCUT2D eigenvalue weighted by atomic mass is 16.5. The fourth-order valence-corrected chi connectivity index (χ4v) is 11.8. The van der Waals surface area contributed by atoms with Crippen LogP contribution in [0.15, 0.2) is 219 Å². The summed E-state index contributed by atoms with van der Waals surface area (Å²) in [5.41, 5.74) is 13.9. The lowest BCUT2D eigenvalue weighted by Gasteiger charge is -2.30. The lowest BCUT2D eigenvalue weighted by atomic mass is 9.74. The Hall–Kier alpha value is -8.67. The summed E-state index contributed by atoms with van der Waals surface area (Å²) in [6.45, 7) is 19.1. The second kappa shape index (κ2) is 17.7. The monoisotopic (exact) mass is 986 g/mol. The normalized spacial score (nSPS) is 12.9. The molecule has 1 aliphatic heterocycles. The van der Waals surface area contributed by atoms with Crippen molar-refractivity contribution in [3.05, 3.63) is 241 Å². The molecule has 372 valence electrons. The van der Waals surface area contributed by atoms with E-state index in [4.69, 9.17) is 9.72 Å². The first-order valence-corrected chi connectivity index (χ1v) is 26.7. The van der Waals surface area contributed by atoms with Crippen molar-refractivity contribution in [1.29, 1.82) is 0 Å². The number of ether oxygens (including phenoxy) is 1. The smallest absolute Gasteiger partial charge is 0.137 e. The van der Waals surface area contributed by atoms with Crippen LogP contribution in [0.25, 0.3) is 82.1 Å². The Morgan fingerprint density at radius 1 is 0.408 bits per heavy atom. The molecular formula is C71H62N4O. The summed E-state index contributed by atoms with van der Waals surface area (Å²) < 4.78 is 11.8. The van der Waals surface area contributed by atoms with Gasteiger partial charge in [0.25, 0.3) is 0 Å². The van der Waals surface area contributed by atoms with E-state index in [9.17, 15) is 0 Å². The van der Waals surface area contributed by atoms with Gasteiger partial charge in [0.05, 0.1) is 27.8 Å². The molecule has 1 aliphatic rings. The molecule has 0 fully saturated rings. The molecule has 0 spiro atoms. The Labute approximate surface area is 445 Å². The van der Waals surface area contributed by atoms with Crippen LogP contribution in [-0.2, 0) is 22.9 Å². The fraction of sp³-hybridized carbons (Fsp3) is 0.169. The van der Waals surface area contributed by atoms with Crippen LogP contribution in [0.5, 0.6) is 11.5 Å². The summed E-state index contributed by atoms with van der Waals surface area (Å²) in [6, 6.07) is 78.0. The molecule has 5 heteroatoms. The van der Waals surface area contributed by atoms with E-state index in [1.807, 2.05) is 6.20 Å². The van der Waals surface area contributed by atoms with E-state index in [1.54, 1.807) is 0 Å². The van der Waals surface area contributed by atoms with E-state index in [0.717, 1.165) is 45.1 Å². The average molecular weight is 987 g/mol. The van der Waals surface area contributed by atoms with Gasteiger partial charge in [-0.15, -0.1) is 0 Å². The highest BCUT2D eigenvalue weighted by Gasteiger charge is 2.29. The number of hydrogen-bond donors (Lipinski definition) is 0. The molecule has 0 saturated heterocycles. The molecule has 5 nitrogen and oxygen atoms in total. The van der Waals surface area contributed by atoms with Crippen LogP contribution in [-0.4, -0.2) is 14.1 Å². The number of hydrogen-bond acceptors (Lipinski definition) is 3. The van der Waals surface area contributed by atoms with Gasteiger partial charge in [0, 0.05) is 56.5 Å². The van der Waals surface area contributed by atoms with E-state index >= 15 is 0 Å². The third-order valence-electron chi connectivity index (χ3n) is 16.1. The zero-order chi connectivity index (χ0) is 52.1. The van der Waals surface area contributed by atoms with Crippen LogP contribution in [0.3, 0.4) is 0 Å². The Kier molecular flexibility index (Phi) is 11.0. The minimum Gasteiger partial charge on any atom is -0.457 e. The lowest BCUT2D eigenvalue weighted by Crippen LogP contribution is -2.21. The first-order valence-electron chi connectivity index (χ1n) is 26.7. The van der Waals surface area contributed by atoms with E-state index in [1.165, 1.54) is 82.1 Å². The van der Waals surface area contributed by atoms with E-state index < -0.39 is 0 Å². The third-order valence-corrected chi connectivity index (χ3v) is 16.1. The van der Waals surface area contributed by atoms with Crippen molar-refractivity contribution >= 4 is 76.5 Å². The predicted molar refractivity (Wildman–Crippen MR) is 321 cm³/mol. The maximum absolute atomic E-state index is 6.94. The van der Waals surface area contributed by atoms with E-state index in [0.29, 0.717) is 6.67 Å². The van der Waals surface area contributed by atoms with E-state index in [2.05, 4.69) is 282 Å². The van der Waals surface area contributed by atoms with Crippen LogP contribution >= 0.6 is 0 Å². The second-order valence-corrected chi connectivity index (χ2v) is 23.3. The van der Waals surface area contributed by atoms with Crippen molar-refractivity contribution in [2.24, 2.45) is 0 Å². The Balaban J connectivity index is 1.01. The number of anilines is 2. The molecule has 0 bridgehead atoms. The predicted octanol–water partition coefficient (Wildman–Crippen LogP) is 19.2. The quantitative estimate of drug-likeness (QED) is 0.160. The number of fused-ring (bicyclic) bond motifs is 10. The Morgan fingerprint density at radius 3 is 1.70 bits per heavy atom. The molecule has 0 aliphatic carbocycles. The van der Waals surface area contributed by atoms with Crippen molar-refractivity contribution in [1.82, 2.24) is 14.1 Å². The van der Waals surface area contributed by atoms with Crippen LogP contribution in [0, 0.1) is 0 Å². The zero-order valence-corrected chi connectivity index (χ0v) is 44.7. The number of pyridine rings is 1. The van der Waals surface area contributed by atoms with Gasteiger partial charge in [0.15, 0.2) is 0 Å². The van der Waals surface area contributed by atoms with Crippen LogP contribution in [0.4, 0.5) is 11.4 Å². The standard InChI is InChI=1S/C71H62N4O/c1-69(2,3)48-37-38-72-66(42-48)75-63-33-17-16-29-59(63)60-36-35-53(44-65(60)75)76-52-24-18-23-51(43-52)73-45-74-67-54(46-39-49(70(4,5)6)41-50(40-46)71(7,8)47-21-10-9-11-22-47)30-19-31-61(67)57-27-14-12-25-55(57)56-26-13-15-28-58(56)62-32-20-34-64(73)68(62)74/h9-44H,45H2,1-8H3. The molecule has 12 aromatic rings. The second-order valence-electron chi connectivity index (χ2n) is 23.3. The fourth-order valence-electron chi connectivity index (χ4n) is 11.8. The summed E-state index contributed by atoms with van der Waals surface area (Å²) >= 11 is 0. The van der Waals surface area contributed by atoms with Crippen molar-refractivity contribution < 1.29 is 4.74 Å². The molecule has 3 aromatic heterocycles. The number of aromatic nitrogens is 3. The highest BCUT2D eigenvalue weighted by molar-refractivity contribution is 6.22. The van der Waals surface area contributed by atoms with Gasteiger partial charge in [-0.3, -0.25) is 4.57 Å². The first kappa shape index (κ1) is 47.1. The van der Waals surface area contributed by atoms with Gasteiger partial charge in [0.1, 0.15) is 24.0 Å². The van der Waals surface area contributed by atoms with Gasteiger partial charge >= 0.3 is 0 Å². The van der Waals surface area contributed by atoms with Crippen molar-refractivity contribution in [2.75, 3.05) is 4.90 Å². The summed E-state index contributed by atoms with van der Waals surface area (Å²) in [6.07, 6.45) is 1.93. The largest absolute Gasteiger partial charge is 0.457 e. The molecule has 4 heterocycles. The molecule has 13 rings (SSSR count). The van der Waals surface area contributed by atoms with Gasteiger partial charge in [-0.05, 0) is 109 Å². The summed E-state index contributed by atoms with van der Waals surface area (Å²) in [5, 5.41) is 9.58. The van der Waals surface area contributed by atoms with Crippen molar-refractivity contribution in [3.63, 3.8) is 0 Å². The molecule has 0 unspecified atom stereocenters. The minimum atomic E-state index is -0.247. The highest BCUT2D eigenvalue weighted by Crippen LogP contribution is 2.47. The Morgan fingerprint density at radius 2 is 0.987 bits per heavy atom. The first-order chi connectivity index (χ1) is 36.7. The molecule has 0 saturated carbocycles. The molecule has 0 N–H and O–H groups in total. The number of para-hydroxylation sites is 3. The van der Waals surface area contributed by atoms with Crippen LogP contribution in [0.2, 0.25) is 0 Å². The van der Waals surface area contributed by atoms with Gasteiger partial charge in [-0.1, -0.05) is 207 Å². The molecule has 0 atom stereocenters. The molecule has 76 heavy (non-hydrogen) atoms. The van der Waals surface area contributed by atoms with Crippen molar-refractivity contribution in [3.8, 4) is 28.4 Å². The minimum absolute atomic E-state index is 0.0243. The van der Waals surface area contributed by atoms with Gasteiger partial charge in [-0.25, -0.2) is 4.98 Å². The molecule has 0 radical (unpaired) electrons. The van der Waals surface area contributed by atoms with Crippen LogP contribution in [0.1, 0.15) is 77.6 Å². The zero-order valence-electron chi connectivity index (χ0n) is 44.7. The van der Waals surface area contributed by atoms with Gasteiger partial charge < -0.3 is 14.2 Å². The summed E-state index contributed by atoms with van der Waals surface area (Å²) in [5.74, 6) is 2.41. The summed E-state index contributed by atoms with van der Waals surface area (Å²) in [7, 11) is 0. The van der Waals surface area contributed by atoms with Crippen molar-refractivity contribution in [2.45, 2.75) is 78.3 Å². The van der Waals surface area contributed by atoms with Gasteiger partial charge in [0.2, 0.25) is 0 Å². The maximum atomic E-state index is 6.94. The summed E-state index contributed by atoms with van der Waals surface area (Å²) in [4.78, 5) is 7.40. The number of benzene rings is 9. The van der Waals surface area contributed by atoms with E-state index in [-0.39, 0.29) is 16.2 Å².